The molecular formula is C11H21N3O3. The molecule has 2 heterocycles. The van der Waals surface area contributed by atoms with Crippen LogP contribution in [0.2, 0.25) is 0 Å². The Labute approximate surface area is 101 Å². The van der Waals surface area contributed by atoms with E-state index in [9.17, 15) is 4.79 Å². The zero-order valence-corrected chi connectivity index (χ0v) is 10.1. The van der Waals surface area contributed by atoms with E-state index < -0.39 is 5.41 Å². The van der Waals surface area contributed by atoms with Gasteiger partial charge in [-0.3, -0.25) is 10.2 Å². The second kappa shape index (κ2) is 5.77. The van der Waals surface area contributed by atoms with Crippen LogP contribution in [-0.2, 0) is 14.3 Å². The highest BCUT2D eigenvalue weighted by atomic mass is 16.5. The maximum atomic E-state index is 12.3. The molecule has 0 aromatic heterocycles. The second-order valence-electron chi connectivity index (χ2n) is 4.64. The highest BCUT2D eigenvalue weighted by molar-refractivity contribution is 5.82. The normalized spacial score (nSPS) is 25.5. The Kier molecular flexibility index (Phi) is 4.33. The molecule has 2 aliphatic rings. The first-order chi connectivity index (χ1) is 8.27. The van der Waals surface area contributed by atoms with Crippen LogP contribution >= 0.6 is 0 Å². The van der Waals surface area contributed by atoms with Gasteiger partial charge in [0, 0.05) is 32.8 Å². The summed E-state index contributed by atoms with van der Waals surface area (Å²) in [6, 6.07) is 0. The molecule has 0 spiro atoms. The molecule has 1 amide bonds. The molecule has 0 radical (unpaired) electrons. The van der Waals surface area contributed by atoms with Gasteiger partial charge in [0.25, 0.3) is 0 Å². The number of nitrogens with zero attached hydrogens (tertiary/aromatic N) is 1. The van der Waals surface area contributed by atoms with Crippen molar-refractivity contribution in [1.29, 1.82) is 0 Å². The van der Waals surface area contributed by atoms with Crippen LogP contribution in [0.3, 0.4) is 0 Å². The summed E-state index contributed by atoms with van der Waals surface area (Å²) in [7, 11) is 0. The van der Waals surface area contributed by atoms with E-state index >= 15 is 0 Å². The summed E-state index contributed by atoms with van der Waals surface area (Å²) in [6.45, 7) is 4.43. The number of morpholine rings is 1. The van der Waals surface area contributed by atoms with Crippen LogP contribution in [0.1, 0.15) is 12.8 Å². The van der Waals surface area contributed by atoms with Gasteiger partial charge in [0.05, 0.1) is 18.6 Å². The minimum atomic E-state index is -0.448. The van der Waals surface area contributed by atoms with Crippen LogP contribution < -0.4 is 11.2 Å². The Morgan fingerprint density at radius 2 is 1.76 bits per heavy atom. The quantitative estimate of drug-likeness (QED) is 0.672. The third-order valence-corrected chi connectivity index (χ3v) is 3.59. The number of rotatable bonds is 3. The lowest BCUT2D eigenvalue weighted by Gasteiger charge is -2.37. The molecule has 3 N–H and O–H groups in total. The topological polar surface area (TPSA) is 76.8 Å². The summed E-state index contributed by atoms with van der Waals surface area (Å²) in [4.78, 5) is 12.3. The first-order valence-corrected chi connectivity index (χ1v) is 6.18. The first kappa shape index (κ1) is 12.8. The first-order valence-electron chi connectivity index (χ1n) is 6.18. The molecule has 0 aromatic rings. The highest BCUT2D eigenvalue weighted by Crippen LogP contribution is 2.29. The fourth-order valence-electron chi connectivity index (χ4n) is 2.22. The maximum Gasteiger partial charge on any atom is 0.241 e. The number of carbonyl (C=O) groups is 1. The molecule has 0 bridgehead atoms. The van der Waals surface area contributed by atoms with Crippen molar-refractivity contribution in [2.45, 2.75) is 12.8 Å². The third-order valence-electron chi connectivity index (χ3n) is 3.59. The predicted octanol–water partition coefficient (Wildman–Crippen LogP) is -0.895. The zero-order valence-electron chi connectivity index (χ0n) is 10.1. The third kappa shape index (κ3) is 2.95. The van der Waals surface area contributed by atoms with Crippen molar-refractivity contribution in [3.8, 4) is 0 Å². The minimum Gasteiger partial charge on any atom is -0.381 e. The van der Waals surface area contributed by atoms with Crippen LogP contribution in [0, 0.1) is 5.41 Å². The summed E-state index contributed by atoms with van der Waals surface area (Å²) in [5.41, 5.74) is 8.30. The van der Waals surface area contributed by atoms with E-state index in [1.54, 1.807) is 0 Å². The fourth-order valence-corrected chi connectivity index (χ4v) is 2.22. The molecule has 0 aliphatic carbocycles. The van der Waals surface area contributed by atoms with Gasteiger partial charge < -0.3 is 15.2 Å². The molecule has 17 heavy (non-hydrogen) atoms. The highest BCUT2D eigenvalue weighted by Gasteiger charge is 2.39. The van der Waals surface area contributed by atoms with E-state index in [2.05, 4.69) is 5.43 Å². The molecule has 6 heteroatoms. The van der Waals surface area contributed by atoms with Crippen LogP contribution in [-0.4, -0.2) is 57.0 Å². The lowest BCUT2D eigenvalue weighted by molar-refractivity contribution is -0.143. The van der Waals surface area contributed by atoms with Gasteiger partial charge >= 0.3 is 0 Å². The minimum absolute atomic E-state index is 0.0326. The van der Waals surface area contributed by atoms with E-state index in [1.807, 2.05) is 5.01 Å². The molecule has 2 rings (SSSR count). The summed E-state index contributed by atoms with van der Waals surface area (Å²) in [6.07, 6.45) is 1.42. The number of ether oxygens (including phenoxy) is 2. The van der Waals surface area contributed by atoms with Crippen molar-refractivity contribution in [3.63, 3.8) is 0 Å². The van der Waals surface area contributed by atoms with E-state index in [-0.39, 0.29) is 5.91 Å². The van der Waals surface area contributed by atoms with Crippen molar-refractivity contribution in [2.75, 3.05) is 46.1 Å². The van der Waals surface area contributed by atoms with Crippen molar-refractivity contribution < 1.29 is 14.3 Å². The molecule has 2 aliphatic heterocycles. The van der Waals surface area contributed by atoms with Crippen LogP contribution in [0.4, 0.5) is 0 Å². The van der Waals surface area contributed by atoms with Crippen molar-refractivity contribution >= 4 is 5.91 Å². The van der Waals surface area contributed by atoms with Gasteiger partial charge in [-0.05, 0) is 12.8 Å². The Bertz CT molecular complexity index is 261. The average molecular weight is 243 g/mol. The van der Waals surface area contributed by atoms with E-state index in [0.717, 1.165) is 13.1 Å². The molecule has 0 unspecified atom stereocenters. The van der Waals surface area contributed by atoms with Gasteiger partial charge in [0.2, 0.25) is 5.91 Å². The molecule has 2 saturated heterocycles. The predicted molar refractivity (Wildman–Crippen MR) is 62.1 cm³/mol. The van der Waals surface area contributed by atoms with Crippen molar-refractivity contribution in [3.05, 3.63) is 0 Å². The molecule has 2 fully saturated rings. The lowest BCUT2D eigenvalue weighted by atomic mass is 9.79. The molecule has 98 valence electrons. The number of hydrogen-bond donors (Lipinski definition) is 2. The van der Waals surface area contributed by atoms with Crippen LogP contribution in [0.15, 0.2) is 0 Å². The monoisotopic (exact) mass is 243 g/mol. The summed E-state index contributed by atoms with van der Waals surface area (Å²) < 4.78 is 10.5. The summed E-state index contributed by atoms with van der Waals surface area (Å²) in [5, 5.41) is 1.92. The van der Waals surface area contributed by atoms with E-state index in [0.29, 0.717) is 45.8 Å². The van der Waals surface area contributed by atoms with Gasteiger partial charge in [-0.25, -0.2) is 5.01 Å². The maximum absolute atomic E-state index is 12.3. The average Bonchev–Trinajstić information content (AvgIpc) is 2.40. The van der Waals surface area contributed by atoms with Crippen molar-refractivity contribution in [1.82, 2.24) is 10.4 Å². The Hall–Kier alpha value is -0.690. The standard InChI is InChI=1S/C11H21N3O3/c12-9-11(1-5-16-6-2-11)10(15)13-14-3-7-17-8-4-14/h1-9,12H2,(H,13,15). The number of carbonyl (C=O) groups excluding carboxylic acids is 1. The SMILES string of the molecule is NCC1(C(=O)NN2CCOCC2)CCOCC1. The van der Waals surface area contributed by atoms with Crippen LogP contribution in [0.5, 0.6) is 0 Å². The molecule has 0 atom stereocenters. The fraction of sp³-hybridized carbons (Fsp3) is 0.909. The molecule has 0 aromatic carbocycles. The van der Waals surface area contributed by atoms with Gasteiger partial charge in [0.15, 0.2) is 0 Å². The van der Waals surface area contributed by atoms with Gasteiger partial charge in [-0.2, -0.15) is 0 Å². The van der Waals surface area contributed by atoms with Gasteiger partial charge in [-0.1, -0.05) is 0 Å². The van der Waals surface area contributed by atoms with Gasteiger partial charge in [0.1, 0.15) is 0 Å². The van der Waals surface area contributed by atoms with E-state index in [1.165, 1.54) is 0 Å². The smallest absolute Gasteiger partial charge is 0.241 e. The van der Waals surface area contributed by atoms with E-state index in [4.69, 9.17) is 15.2 Å². The summed E-state index contributed by atoms with van der Waals surface area (Å²) in [5.74, 6) is 0.0326. The zero-order chi connectivity index (χ0) is 12.1. The number of hydrazine groups is 1. The summed E-state index contributed by atoms with van der Waals surface area (Å²) >= 11 is 0. The number of nitrogens with two attached hydrogens (primary N) is 1. The molecular weight excluding hydrogens is 222 g/mol. The second-order valence-corrected chi connectivity index (χ2v) is 4.64. The Morgan fingerprint density at radius 3 is 2.35 bits per heavy atom. The Morgan fingerprint density at radius 1 is 1.18 bits per heavy atom. The molecule has 0 saturated carbocycles. The van der Waals surface area contributed by atoms with Crippen LogP contribution in [0.25, 0.3) is 0 Å². The van der Waals surface area contributed by atoms with Crippen molar-refractivity contribution in [2.24, 2.45) is 11.1 Å². The number of nitrogens with one attached hydrogen (secondary N) is 1. The lowest BCUT2D eigenvalue weighted by Crippen LogP contribution is -2.56. The number of amides is 1. The number of hydrogen-bond acceptors (Lipinski definition) is 5. The largest absolute Gasteiger partial charge is 0.381 e. The Balaban J connectivity index is 1.91. The van der Waals surface area contributed by atoms with Gasteiger partial charge in [-0.15, -0.1) is 0 Å². The molecule has 6 nitrogen and oxygen atoms in total.